The van der Waals surface area contributed by atoms with Crippen molar-refractivity contribution in [2.24, 2.45) is 5.92 Å². The average Bonchev–Trinajstić information content (AvgIpc) is 3.28. The second-order valence-corrected chi connectivity index (χ2v) is 6.45. The molecule has 2 heterocycles. The number of nitrogens with one attached hydrogen (secondary N) is 2. The zero-order valence-corrected chi connectivity index (χ0v) is 14.3. The highest BCUT2D eigenvalue weighted by Crippen LogP contribution is 2.24. The molecular formula is C16H14ClFN6O2. The van der Waals surface area contributed by atoms with E-state index in [2.05, 4.69) is 30.9 Å². The molecule has 10 heteroatoms. The lowest BCUT2D eigenvalue weighted by molar-refractivity contribution is -0.125. The molecule has 0 spiro atoms. The van der Waals surface area contributed by atoms with Crippen LogP contribution < -0.4 is 5.32 Å². The molecule has 1 aliphatic rings. The van der Waals surface area contributed by atoms with Crippen molar-refractivity contribution in [1.29, 1.82) is 0 Å². The summed E-state index contributed by atoms with van der Waals surface area (Å²) in [5, 5.41) is 17.5. The predicted octanol–water partition coefficient (Wildman–Crippen LogP) is 2.07. The summed E-state index contributed by atoms with van der Waals surface area (Å²) in [6.07, 6.45) is 1.97. The number of fused-ring (bicyclic) bond motifs is 1. The molecule has 3 aromatic rings. The highest BCUT2D eigenvalue weighted by molar-refractivity contribution is 6.30. The number of hydrogen-bond acceptors (Lipinski definition) is 6. The van der Waals surface area contributed by atoms with Gasteiger partial charge in [-0.3, -0.25) is 4.79 Å². The highest BCUT2D eigenvalue weighted by Gasteiger charge is 2.27. The molecule has 2 N–H and O–H groups in total. The number of aromatic amines is 1. The van der Waals surface area contributed by atoms with Crippen molar-refractivity contribution in [3.63, 3.8) is 0 Å². The van der Waals surface area contributed by atoms with Crippen LogP contribution in [-0.4, -0.2) is 31.5 Å². The standard InChI is InChI=1S/C16H14ClFN6O2/c17-9-2-3-10(11(18)6-9)16-20-14(23-26-16)7-19-15(25)8-1-4-12-13(5-8)22-24-21-12/h2-3,6,8H,1,4-5,7H2,(H,19,25)(H,21,22,24)/t8-/m1/s1. The number of carbonyl (C=O) groups excluding carboxylic acids is 1. The van der Waals surface area contributed by atoms with Gasteiger partial charge in [-0.15, -0.1) is 0 Å². The molecule has 8 nitrogen and oxygen atoms in total. The van der Waals surface area contributed by atoms with Crippen LogP contribution in [0.2, 0.25) is 5.02 Å². The number of amides is 1. The number of nitrogens with zero attached hydrogens (tertiary/aromatic N) is 4. The van der Waals surface area contributed by atoms with Crippen LogP contribution in [0.15, 0.2) is 22.7 Å². The van der Waals surface area contributed by atoms with Gasteiger partial charge in [0.05, 0.1) is 23.5 Å². The van der Waals surface area contributed by atoms with Crippen LogP contribution in [0, 0.1) is 11.7 Å². The van der Waals surface area contributed by atoms with E-state index in [0.29, 0.717) is 19.3 Å². The Morgan fingerprint density at radius 1 is 1.38 bits per heavy atom. The van der Waals surface area contributed by atoms with E-state index in [1.54, 1.807) is 0 Å². The number of aryl methyl sites for hydroxylation is 1. The molecule has 1 atom stereocenters. The van der Waals surface area contributed by atoms with Crippen LogP contribution in [-0.2, 0) is 24.2 Å². The Morgan fingerprint density at radius 2 is 2.23 bits per heavy atom. The fraction of sp³-hybridized carbons (Fsp3) is 0.312. The molecule has 0 fully saturated rings. The maximum absolute atomic E-state index is 13.9. The Kier molecular flexibility index (Phi) is 4.37. The van der Waals surface area contributed by atoms with Crippen molar-refractivity contribution in [2.75, 3.05) is 0 Å². The Labute approximate surface area is 152 Å². The topological polar surface area (TPSA) is 110 Å². The third kappa shape index (κ3) is 3.30. The Morgan fingerprint density at radius 3 is 3.08 bits per heavy atom. The number of benzene rings is 1. The molecule has 0 bridgehead atoms. The normalized spacial score (nSPS) is 16.3. The molecule has 26 heavy (non-hydrogen) atoms. The van der Waals surface area contributed by atoms with Gasteiger partial charge in [0, 0.05) is 17.4 Å². The maximum atomic E-state index is 13.9. The van der Waals surface area contributed by atoms with Crippen molar-refractivity contribution in [1.82, 2.24) is 30.9 Å². The first kappa shape index (κ1) is 16.6. The van der Waals surface area contributed by atoms with Gasteiger partial charge in [0.1, 0.15) is 5.82 Å². The number of aromatic nitrogens is 5. The summed E-state index contributed by atoms with van der Waals surface area (Å²) in [7, 11) is 0. The van der Waals surface area contributed by atoms with E-state index >= 15 is 0 Å². The molecule has 1 aliphatic carbocycles. The van der Waals surface area contributed by atoms with E-state index in [-0.39, 0.29) is 40.7 Å². The maximum Gasteiger partial charge on any atom is 0.260 e. The third-order valence-corrected chi connectivity index (χ3v) is 4.53. The molecular weight excluding hydrogens is 363 g/mol. The summed E-state index contributed by atoms with van der Waals surface area (Å²) in [5.74, 6) is -0.535. The fourth-order valence-electron chi connectivity index (χ4n) is 2.92. The minimum absolute atomic E-state index is 0.0355. The van der Waals surface area contributed by atoms with Crippen molar-refractivity contribution >= 4 is 17.5 Å². The number of halogens is 2. The van der Waals surface area contributed by atoms with Gasteiger partial charge in [-0.1, -0.05) is 16.8 Å². The molecule has 0 unspecified atom stereocenters. The Hall–Kier alpha value is -2.81. The first-order valence-electron chi connectivity index (χ1n) is 8.04. The Bertz CT molecular complexity index is 956. The first-order chi connectivity index (χ1) is 12.6. The second kappa shape index (κ2) is 6.83. The van der Waals surface area contributed by atoms with E-state index in [0.717, 1.165) is 11.4 Å². The second-order valence-electron chi connectivity index (χ2n) is 6.01. The van der Waals surface area contributed by atoms with E-state index in [9.17, 15) is 9.18 Å². The van der Waals surface area contributed by atoms with Crippen LogP contribution in [0.5, 0.6) is 0 Å². The number of H-pyrrole nitrogens is 1. The monoisotopic (exact) mass is 376 g/mol. The third-order valence-electron chi connectivity index (χ3n) is 4.29. The van der Waals surface area contributed by atoms with Gasteiger partial charge in [-0.25, -0.2) is 4.39 Å². The highest BCUT2D eigenvalue weighted by atomic mass is 35.5. The van der Waals surface area contributed by atoms with Gasteiger partial charge in [0.25, 0.3) is 5.89 Å². The van der Waals surface area contributed by atoms with E-state index < -0.39 is 5.82 Å². The molecule has 0 saturated carbocycles. The zero-order valence-electron chi connectivity index (χ0n) is 13.5. The van der Waals surface area contributed by atoms with Crippen LogP contribution in [0.1, 0.15) is 23.6 Å². The SMILES string of the molecule is O=C(NCc1noc(-c2ccc(Cl)cc2F)n1)[C@@H]1CCc2n[nH]nc2C1. The van der Waals surface area contributed by atoms with Gasteiger partial charge in [0.2, 0.25) is 5.91 Å². The molecule has 0 saturated heterocycles. The summed E-state index contributed by atoms with van der Waals surface area (Å²) in [6.45, 7) is 0.0969. The minimum atomic E-state index is -0.553. The summed E-state index contributed by atoms with van der Waals surface area (Å²) >= 11 is 5.73. The lowest BCUT2D eigenvalue weighted by Gasteiger charge is -2.19. The molecule has 0 aliphatic heterocycles. The largest absolute Gasteiger partial charge is 0.348 e. The van der Waals surface area contributed by atoms with Gasteiger partial charge in [-0.2, -0.15) is 20.4 Å². The summed E-state index contributed by atoms with van der Waals surface area (Å²) in [6, 6.07) is 4.17. The van der Waals surface area contributed by atoms with Gasteiger partial charge in [0.15, 0.2) is 5.82 Å². The van der Waals surface area contributed by atoms with Crippen LogP contribution in [0.3, 0.4) is 0 Å². The van der Waals surface area contributed by atoms with E-state index in [1.807, 2.05) is 0 Å². The molecule has 134 valence electrons. The summed E-state index contributed by atoms with van der Waals surface area (Å²) < 4.78 is 19.0. The Balaban J connectivity index is 1.38. The van der Waals surface area contributed by atoms with Crippen molar-refractivity contribution in [3.8, 4) is 11.5 Å². The molecule has 2 aromatic heterocycles. The predicted molar refractivity (Wildman–Crippen MR) is 88.4 cm³/mol. The van der Waals surface area contributed by atoms with Crippen molar-refractivity contribution in [2.45, 2.75) is 25.8 Å². The van der Waals surface area contributed by atoms with Gasteiger partial charge < -0.3 is 9.84 Å². The summed E-state index contributed by atoms with van der Waals surface area (Å²) in [5.41, 5.74) is 1.91. The van der Waals surface area contributed by atoms with Gasteiger partial charge in [-0.05, 0) is 31.0 Å². The number of hydrogen-bond donors (Lipinski definition) is 2. The van der Waals surface area contributed by atoms with Crippen LogP contribution in [0.25, 0.3) is 11.5 Å². The smallest absolute Gasteiger partial charge is 0.260 e. The lowest BCUT2D eigenvalue weighted by atomic mass is 9.89. The summed E-state index contributed by atoms with van der Waals surface area (Å²) in [4.78, 5) is 16.5. The number of rotatable bonds is 4. The van der Waals surface area contributed by atoms with Crippen molar-refractivity contribution < 1.29 is 13.7 Å². The molecule has 1 amide bonds. The minimum Gasteiger partial charge on any atom is -0.348 e. The quantitative estimate of drug-likeness (QED) is 0.721. The lowest BCUT2D eigenvalue weighted by Crippen LogP contribution is -2.34. The van der Waals surface area contributed by atoms with Gasteiger partial charge >= 0.3 is 0 Å². The molecule has 0 radical (unpaired) electrons. The molecule has 4 rings (SSSR count). The molecule has 1 aromatic carbocycles. The fourth-order valence-corrected chi connectivity index (χ4v) is 3.08. The van der Waals surface area contributed by atoms with E-state index in [1.165, 1.54) is 18.2 Å². The number of carbonyl (C=O) groups is 1. The van der Waals surface area contributed by atoms with Crippen molar-refractivity contribution in [3.05, 3.63) is 46.3 Å². The van der Waals surface area contributed by atoms with Crippen LogP contribution in [0.4, 0.5) is 4.39 Å². The first-order valence-corrected chi connectivity index (χ1v) is 8.42. The zero-order chi connectivity index (χ0) is 18.1. The average molecular weight is 377 g/mol. The van der Waals surface area contributed by atoms with E-state index in [4.69, 9.17) is 16.1 Å². The van der Waals surface area contributed by atoms with Crippen LogP contribution >= 0.6 is 11.6 Å².